The summed E-state index contributed by atoms with van der Waals surface area (Å²) in [6.07, 6.45) is 0. The Kier molecular flexibility index (Phi) is 2.88. The molecule has 0 bridgehead atoms. The number of nitrogen functional groups attached to an aromatic ring is 2. The smallest absolute Gasteiger partial charge is 0.265 e. The SMILES string of the molecule is NNC(=O)c1cc(N)cc(I)c1. The number of hydrogen-bond donors (Lipinski definition) is 3. The third-order valence-electron chi connectivity index (χ3n) is 1.31. The van der Waals surface area contributed by atoms with Crippen LogP contribution >= 0.6 is 22.6 Å². The fraction of sp³-hybridized carbons (Fsp3) is 0. The molecule has 12 heavy (non-hydrogen) atoms. The molecule has 1 rings (SSSR count). The first-order valence-electron chi connectivity index (χ1n) is 3.20. The second-order valence-corrected chi connectivity index (χ2v) is 3.49. The number of carbonyl (C=O) groups excluding carboxylic acids is 1. The highest BCUT2D eigenvalue weighted by molar-refractivity contribution is 14.1. The summed E-state index contributed by atoms with van der Waals surface area (Å²) < 4.78 is 0.909. The standard InChI is InChI=1S/C7H8IN3O/c8-5-1-4(7(12)11-10)2-6(9)3-5/h1-3H,9-10H2,(H,11,12). The lowest BCUT2D eigenvalue weighted by Crippen LogP contribution is -2.30. The molecule has 1 aromatic rings. The summed E-state index contributed by atoms with van der Waals surface area (Å²) in [6.45, 7) is 0. The third-order valence-corrected chi connectivity index (χ3v) is 1.94. The van der Waals surface area contributed by atoms with E-state index in [9.17, 15) is 4.79 Å². The van der Waals surface area contributed by atoms with Crippen molar-refractivity contribution in [1.82, 2.24) is 5.43 Å². The van der Waals surface area contributed by atoms with E-state index < -0.39 is 0 Å². The molecule has 0 spiro atoms. The average Bonchev–Trinajstić information content (AvgIpc) is 2.01. The van der Waals surface area contributed by atoms with Crippen LogP contribution in [-0.2, 0) is 0 Å². The van der Waals surface area contributed by atoms with Crippen LogP contribution in [-0.4, -0.2) is 5.91 Å². The lowest BCUT2D eigenvalue weighted by Gasteiger charge is -2.01. The zero-order chi connectivity index (χ0) is 9.14. The Morgan fingerprint density at radius 1 is 1.42 bits per heavy atom. The summed E-state index contributed by atoms with van der Waals surface area (Å²) in [7, 11) is 0. The molecule has 0 atom stereocenters. The van der Waals surface area contributed by atoms with Crippen LogP contribution in [0.1, 0.15) is 10.4 Å². The Labute approximate surface area is 83.4 Å². The Bertz CT molecular complexity index is 293. The van der Waals surface area contributed by atoms with Gasteiger partial charge in [-0.15, -0.1) is 0 Å². The fourth-order valence-electron chi connectivity index (χ4n) is 0.827. The van der Waals surface area contributed by atoms with Gasteiger partial charge in [0.2, 0.25) is 0 Å². The molecular weight excluding hydrogens is 269 g/mol. The number of nitrogens with one attached hydrogen (secondary N) is 1. The molecular formula is C7H8IN3O. The van der Waals surface area contributed by atoms with Crippen LogP contribution in [0.3, 0.4) is 0 Å². The van der Waals surface area contributed by atoms with E-state index in [-0.39, 0.29) is 5.91 Å². The molecule has 0 aliphatic rings. The van der Waals surface area contributed by atoms with Crippen molar-refractivity contribution in [3.8, 4) is 0 Å². The Balaban J connectivity index is 3.08. The molecule has 4 nitrogen and oxygen atoms in total. The van der Waals surface area contributed by atoms with E-state index in [1.54, 1.807) is 18.2 Å². The van der Waals surface area contributed by atoms with Crippen LogP contribution in [0.25, 0.3) is 0 Å². The first-order chi connectivity index (χ1) is 5.63. The Morgan fingerprint density at radius 2 is 2.08 bits per heavy atom. The van der Waals surface area contributed by atoms with Crippen molar-refractivity contribution in [3.05, 3.63) is 27.3 Å². The van der Waals surface area contributed by atoms with Gasteiger partial charge in [0.1, 0.15) is 0 Å². The Morgan fingerprint density at radius 3 is 2.58 bits per heavy atom. The van der Waals surface area contributed by atoms with Crippen molar-refractivity contribution in [3.63, 3.8) is 0 Å². The quantitative estimate of drug-likeness (QED) is 0.229. The maximum absolute atomic E-state index is 11.0. The normalized spacial score (nSPS) is 9.50. The number of anilines is 1. The number of nitrogens with two attached hydrogens (primary N) is 2. The molecule has 0 saturated carbocycles. The molecule has 0 heterocycles. The molecule has 5 N–H and O–H groups in total. The van der Waals surface area contributed by atoms with Crippen molar-refractivity contribution in [2.75, 3.05) is 5.73 Å². The molecule has 0 fully saturated rings. The van der Waals surface area contributed by atoms with Gasteiger partial charge in [-0.1, -0.05) is 0 Å². The summed E-state index contributed by atoms with van der Waals surface area (Å²) in [5.74, 6) is 4.63. The van der Waals surface area contributed by atoms with Crippen molar-refractivity contribution in [2.45, 2.75) is 0 Å². The number of benzene rings is 1. The second kappa shape index (κ2) is 3.72. The van der Waals surface area contributed by atoms with Crippen LogP contribution in [0, 0.1) is 3.57 Å². The third kappa shape index (κ3) is 2.08. The summed E-state index contributed by atoms with van der Waals surface area (Å²) in [6, 6.07) is 5.05. The van der Waals surface area contributed by atoms with E-state index in [4.69, 9.17) is 11.6 Å². The van der Waals surface area contributed by atoms with E-state index in [0.717, 1.165) is 3.57 Å². The molecule has 5 heteroatoms. The van der Waals surface area contributed by atoms with Gasteiger partial charge in [0.25, 0.3) is 5.91 Å². The summed E-state index contributed by atoms with van der Waals surface area (Å²) in [5, 5.41) is 0. The zero-order valence-corrected chi connectivity index (χ0v) is 8.33. The van der Waals surface area contributed by atoms with E-state index in [1.807, 2.05) is 5.43 Å². The van der Waals surface area contributed by atoms with Gasteiger partial charge in [-0.2, -0.15) is 0 Å². The predicted octanol–water partition coefficient (Wildman–Crippen LogP) is 0.477. The average molecular weight is 277 g/mol. The number of hydrogen-bond acceptors (Lipinski definition) is 3. The minimum Gasteiger partial charge on any atom is -0.399 e. The van der Waals surface area contributed by atoms with Crippen LogP contribution < -0.4 is 17.0 Å². The van der Waals surface area contributed by atoms with Gasteiger partial charge in [-0.05, 0) is 40.8 Å². The van der Waals surface area contributed by atoms with Crippen LogP contribution in [0.5, 0.6) is 0 Å². The first kappa shape index (κ1) is 9.27. The molecule has 1 amide bonds. The maximum Gasteiger partial charge on any atom is 0.265 e. The molecule has 0 unspecified atom stereocenters. The van der Waals surface area contributed by atoms with Crippen molar-refractivity contribution >= 4 is 34.2 Å². The van der Waals surface area contributed by atoms with E-state index in [0.29, 0.717) is 11.3 Å². The van der Waals surface area contributed by atoms with Crippen LogP contribution in [0.15, 0.2) is 18.2 Å². The zero-order valence-electron chi connectivity index (χ0n) is 6.17. The highest BCUT2D eigenvalue weighted by Crippen LogP contribution is 2.13. The van der Waals surface area contributed by atoms with Gasteiger partial charge in [-0.3, -0.25) is 10.2 Å². The summed E-state index contributed by atoms with van der Waals surface area (Å²) >= 11 is 2.08. The molecule has 0 aliphatic heterocycles. The van der Waals surface area contributed by atoms with Crippen LogP contribution in [0.4, 0.5) is 5.69 Å². The van der Waals surface area contributed by atoms with Gasteiger partial charge in [0.05, 0.1) is 0 Å². The lowest BCUT2D eigenvalue weighted by atomic mass is 10.2. The summed E-state index contributed by atoms with van der Waals surface area (Å²) in [5.41, 5.74) is 8.59. The minimum atomic E-state index is -0.333. The van der Waals surface area contributed by atoms with Gasteiger partial charge in [0.15, 0.2) is 0 Å². The van der Waals surface area contributed by atoms with Gasteiger partial charge < -0.3 is 5.73 Å². The topological polar surface area (TPSA) is 81.1 Å². The number of halogens is 1. The molecule has 64 valence electrons. The van der Waals surface area contributed by atoms with Gasteiger partial charge >= 0.3 is 0 Å². The van der Waals surface area contributed by atoms with Crippen molar-refractivity contribution in [2.24, 2.45) is 5.84 Å². The van der Waals surface area contributed by atoms with Crippen molar-refractivity contribution < 1.29 is 4.79 Å². The predicted molar refractivity (Wildman–Crippen MR) is 55.2 cm³/mol. The molecule has 0 radical (unpaired) electrons. The number of hydrazine groups is 1. The highest BCUT2D eigenvalue weighted by atomic mass is 127. The molecule has 1 aromatic carbocycles. The van der Waals surface area contributed by atoms with Gasteiger partial charge in [-0.25, -0.2) is 5.84 Å². The number of rotatable bonds is 1. The summed E-state index contributed by atoms with van der Waals surface area (Å²) in [4.78, 5) is 11.0. The van der Waals surface area contributed by atoms with E-state index in [2.05, 4.69) is 22.6 Å². The lowest BCUT2D eigenvalue weighted by molar-refractivity contribution is 0.0953. The van der Waals surface area contributed by atoms with Crippen molar-refractivity contribution in [1.29, 1.82) is 0 Å². The second-order valence-electron chi connectivity index (χ2n) is 2.25. The molecule has 0 aromatic heterocycles. The van der Waals surface area contributed by atoms with Gasteiger partial charge in [0, 0.05) is 14.8 Å². The maximum atomic E-state index is 11.0. The highest BCUT2D eigenvalue weighted by Gasteiger charge is 2.04. The van der Waals surface area contributed by atoms with E-state index >= 15 is 0 Å². The Hall–Kier alpha value is -0.820. The number of amides is 1. The number of carbonyl (C=O) groups is 1. The fourth-order valence-corrected chi connectivity index (χ4v) is 1.52. The van der Waals surface area contributed by atoms with Crippen LogP contribution in [0.2, 0.25) is 0 Å². The monoisotopic (exact) mass is 277 g/mol. The minimum absolute atomic E-state index is 0.333. The van der Waals surface area contributed by atoms with E-state index in [1.165, 1.54) is 0 Å². The molecule has 0 saturated heterocycles. The largest absolute Gasteiger partial charge is 0.399 e. The molecule has 0 aliphatic carbocycles. The first-order valence-corrected chi connectivity index (χ1v) is 4.28.